The summed E-state index contributed by atoms with van der Waals surface area (Å²) in [5, 5.41) is 9.18. The maximum atomic E-state index is 11.5. The van der Waals surface area contributed by atoms with E-state index in [1.54, 1.807) is 4.90 Å². The summed E-state index contributed by atoms with van der Waals surface area (Å²) in [7, 11) is 0. The molecular formula is C10H17N5O. The van der Waals surface area contributed by atoms with E-state index >= 15 is 0 Å². The van der Waals surface area contributed by atoms with Crippen molar-refractivity contribution in [2.75, 3.05) is 13.1 Å². The lowest BCUT2D eigenvalue weighted by molar-refractivity contribution is 0.0381. The summed E-state index contributed by atoms with van der Waals surface area (Å²) in [5.74, 6) is 0. The first-order valence-electron chi connectivity index (χ1n) is 5.47. The summed E-state index contributed by atoms with van der Waals surface area (Å²) >= 11 is 0. The molecule has 1 saturated carbocycles. The van der Waals surface area contributed by atoms with Crippen LogP contribution in [0.1, 0.15) is 19.3 Å². The fraction of sp³-hybridized carbons (Fsp3) is 0.700. The zero-order valence-electron chi connectivity index (χ0n) is 9.15. The van der Waals surface area contributed by atoms with E-state index in [2.05, 4.69) is 10.3 Å². The van der Waals surface area contributed by atoms with Gasteiger partial charge in [0.2, 0.25) is 0 Å². The van der Waals surface area contributed by atoms with Gasteiger partial charge in [0.15, 0.2) is 0 Å². The second kappa shape index (κ2) is 4.21. The van der Waals surface area contributed by atoms with Crippen LogP contribution in [0.4, 0.5) is 4.79 Å². The molecule has 2 aliphatic rings. The van der Waals surface area contributed by atoms with Crippen molar-refractivity contribution in [3.8, 4) is 0 Å². The molecule has 0 aromatic rings. The largest absolute Gasteiger partial charge is 0.328 e. The molecule has 16 heavy (non-hydrogen) atoms. The van der Waals surface area contributed by atoms with Crippen LogP contribution in [-0.4, -0.2) is 42.7 Å². The number of amides is 2. The molecule has 2 fully saturated rings. The Labute approximate surface area is 94.4 Å². The van der Waals surface area contributed by atoms with Crippen LogP contribution in [0, 0.1) is 10.8 Å². The average Bonchev–Trinajstić information content (AvgIpc) is 2.58. The fourth-order valence-corrected chi connectivity index (χ4v) is 2.67. The summed E-state index contributed by atoms with van der Waals surface area (Å²) in [6.45, 7) is 1.59. The van der Waals surface area contributed by atoms with Crippen molar-refractivity contribution in [1.29, 1.82) is 5.41 Å². The van der Waals surface area contributed by atoms with Crippen molar-refractivity contribution in [3.05, 3.63) is 0 Å². The molecule has 2 rings (SSSR count). The Morgan fingerprint density at radius 2 is 2.38 bits per heavy atom. The molecule has 0 aromatic heterocycles. The smallest absolute Gasteiger partial charge is 0.322 e. The number of urea groups is 1. The second-order valence-corrected chi connectivity index (χ2v) is 4.72. The SMILES string of the molecule is N=CN=CNC(=O)N1CC2(CCC(N)C2)C1. The Morgan fingerprint density at radius 3 is 2.94 bits per heavy atom. The molecule has 1 aliphatic heterocycles. The molecule has 1 aliphatic carbocycles. The van der Waals surface area contributed by atoms with Crippen molar-refractivity contribution in [2.24, 2.45) is 16.1 Å². The summed E-state index contributed by atoms with van der Waals surface area (Å²) in [6.07, 6.45) is 5.36. The first-order chi connectivity index (χ1) is 7.65. The molecule has 2 amide bonds. The lowest BCUT2D eigenvalue weighted by Crippen LogP contribution is -2.60. The number of nitrogens with one attached hydrogen (secondary N) is 2. The number of rotatable bonds is 2. The van der Waals surface area contributed by atoms with Gasteiger partial charge in [-0.3, -0.25) is 10.7 Å². The number of likely N-dealkylation sites (tertiary alicyclic amines) is 1. The van der Waals surface area contributed by atoms with Gasteiger partial charge in [-0.15, -0.1) is 0 Å². The molecule has 1 spiro atoms. The van der Waals surface area contributed by atoms with Gasteiger partial charge in [-0.05, 0) is 19.3 Å². The molecule has 88 valence electrons. The summed E-state index contributed by atoms with van der Waals surface area (Å²) in [5.41, 5.74) is 6.16. The normalized spacial score (nSPS) is 27.1. The van der Waals surface area contributed by atoms with E-state index in [0.29, 0.717) is 6.04 Å². The molecule has 0 bridgehead atoms. The van der Waals surface area contributed by atoms with Crippen LogP contribution in [-0.2, 0) is 0 Å². The first kappa shape index (κ1) is 11.1. The quantitative estimate of drug-likeness (QED) is 0.459. The number of nitrogens with zero attached hydrogens (tertiary/aromatic N) is 2. The number of carbonyl (C=O) groups is 1. The van der Waals surface area contributed by atoms with E-state index in [1.165, 1.54) is 6.34 Å². The highest BCUT2D eigenvalue weighted by molar-refractivity contribution is 5.88. The maximum absolute atomic E-state index is 11.5. The Morgan fingerprint density at radius 1 is 1.62 bits per heavy atom. The van der Waals surface area contributed by atoms with Crippen LogP contribution in [0.25, 0.3) is 0 Å². The Hall–Kier alpha value is -1.43. The molecule has 1 atom stereocenters. The lowest BCUT2D eigenvalue weighted by Gasteiger charge is -2.47. The van der Waals surface area contributed by atoms with Gasteiger partial charge < -0.3 is 10.6 Å². The Bertz CT molecular complexity index is 321. The zero-order valence-corrected chi connectivity index (χ0v) is 9.15. The number of hydrogen-bond donors (Lipinski definition) is 3. The molecule has 0 aromatic carbocycles. The van der Waals surface area contributed by atoms with E-state index in [9.17, 15) is 4.79 Å². The van der Waals surface area contributed by atoms with Gasteiger partial charge in [-0.2, -0.15) is 0 Å². The van der Waals surface area contributed by atoms with Gasteiger partial charge >= 0.3 is 6.03 Å². The second-order valence-electron chi connectivity index (χ2n) is 4.72. The van der Waals surface area contributed by atoms with Crippen LogP contribution in [0.3, 0.4) is 0 Å². The number of aliphatic imine (C=N–C) groups is 1. The van der Waals surface area contributed by atoms with Crippen LogP contribution in [0.2, 0.25) is 0 Å². The number of nitrogens with two attached hydrogens (primary N) is 1. The summed E-state index contributed by atoms with van der Waals surface area (Å²) < 4.78 is 0. The third-order valence-electron chi connectivity index (χ3n) is 3.42. The highest BCUT2D eigenvalue weighted by Crippen LogP contribution is 2.44. The van der Waals surface area contributed by atoms with Crippen molar-refractivity contribution >= 4 is 18.7 Å². The van der Waals surface area contributed by atoms with E-state index in [-0.39, 0.29) is 11.4 Å². The monoisotopic (exact) mass is 223 g/mol. The van der Waals surface area contributed by atoms with Crippen LogP contribution in [0.5, 0.6) is 0 Å². The minimum Gasteiger partial charge on any atom is -0.328 e. The van der Waals surface area contributed by atoms with E-state index in [1.807, 2.05) is 0 Å². The standard InChI is InChI=1S/C10H17N5O/c11-6-13-7-14-9(16)15-4-10(5-15)2-1-8(12)3-10/h6-8H,1-5,12H2,(H2,11,13,14,16). The first-order valence-corrected chi connectivity index (χ1v) is 5.47. The van der Waals surface area contributed by atoms with Crippen LogP contribution < -0.4 is 11.1 Å². The molecule has 1 heterocycles. The summed E-state index contributed by atoms with van der Waals surface area (Å²) in [6, 6.07) is 0.168. The molecule has 1 saturated heterocycles. The lowest BCUT2D eigenvalue weighted by atomic mass is 9.78. The van der Waals surface area contributed by atoms with Gasteiger partial charge in [0.1, 0.15) is 6.34 Å². The highest BCUT2D eigenvalue weighted by atomic mass is 16.2. The minimum absolute atomic E-state index is 0.142. The van der Waals surface area contributed by atoms with Gasteiger partial charge in [0, 0.05) is 24.5 Å². The van der Waals surface area contributed by atoms with E-state index in [4.69, 9.17) is 11.1 Å². The molecule has 6 heteroatoms. The molecular weight excluding hydrogens is 206 g/mol. The van der Waals surface area contributed by atoms with E-state index < -0.39 is 0 Å². The number of carbonyl (C=O) groups excluding carboxylic acids is 1. The predicted molar refractivity (Wildman–Crippen MR) is 61.6 cm³/mol. The van der Waals surface area contributed by atoms with E-state index in [0.717, 1.165) is 38.7 Å². The van der Waals surface area contributed by atoms with Crippen molar-refractivity contribution in [3.63, 3.8) is 0 Å². The molecule has 1 unspecified atom stereocenters. The Balaban J connectivity index is 1.77. The highest BCUT2D eigenvalue weighted by Gasteiger charge is 2.48. The summed E-state index contributed by atoms with van der Waals surface area (Å²) in [4.78, 5) is 16.8. The van der Waals surface area contributed by atoms with Crippen LogP contribution in [0.15, 0.2) is 4.99 Å². The molecule has 6 nitrogen and oxygen atoms in total. The minimum atomic E-state index is -0.142. The topological polar surface area (TPSA) is 94.6 Å². The fourth-order valence-electron chi connectivity index (χ4n) is 2.67. The number of hydrogen-bond acceptors (Lipinski definition) is 3. The van der Waals surface area contributed by atoms with Crippen LogP contribution >= 0.6 is 0 Å². The molecule has 0 radical (unpaired) electrons. The van der Waals surface area contributed by atoms with Crippen molar-refractivity contribution in [1.82, 2.24) is 10.2 Å². The molecule has 4 N–H and O–H groups in total. The van der Waals surface area contributed by atoms with Gasteiger partial charge in [-0.25, -0.2) is 9.79 Å². The van der Waals surface area contributed by atoms with Gasteiger partial charge in [0.25, 0.3) is 0 Å². The van der Waals surface area contributed by atoms with Gasteiger partial charge in [-0.1, -0.05) is 0 Å². The van der Waals surface area contributed by atoms with Crippen molar-refractivity contribution < 1.29 is 4.79 Å². The zero-order chi connectivity index (χ0) is 11.6. The maximum Gasteiger partial charge on any atom is 0.322 e. The van der Waals surface area contributed by atoms with Crippen molar-refractivity contribution in [2.45, 2.75) is 25.3 Å². The van der Waals surface area contributed by atoms with Gasteiger partial charge in [0.05, 0.1) is 6.34 Å². The average molecular weight is 223 g/mol. The Kier molecular flexibility index (Phi) is 2.91. The predicted octanol–water partition coefficient (Wildman–Crippen LogP) is 0.145. The third kappa shape index (κ3) is 2.06. The third-order valence-corrected chi connectivity index (χ3v) is 3.42.